The Kier molecular flexibility index (Phi) is 4.78. The van der Waals surface area contributed by atoms with Gasteiger partial charge in [-0.2, -0.15) is 0 Å². The van der Waals surface area contributed by atoms with Gasteiger partial charge in [0, 0.05) is 5.92 Å². The Labute approximate surface area is 116 Å². The van der Waals surface area contributed by atoms with Gasteiger partial charge in [0.1, 0.15) is 11.3 Å². The number of carbonyl (C=O) groups excluding carboxylic acids is 1. The Morgan fingerprint density at radius 2 is 1.83 bits per heavy atom. The van der Waals surface area contributed by atoms with Crippen LogP contribution in [0.25, 0.3) is 0 Å². The summed E-state index contributed by atoms with van der Waals surface area (Å²) in [7, 11) is 0. The largest absolute Gasteiger partial charge is 0.309 e. The zero-order valence-electron chi connectivity index (χ0n) is 9.96. The highest BCUT2D eigenvalue weighted by atomic mass is 35.5. The Bertz CT molecular complexity index is 431. The van der Waals surface area contributed by atoms with E-state index in [1.165, 1.54) is 19.2 Å². The normalized spacial score (nSPS) is 17.2. The number of hydrogen-bond acceptors (Lipinski definition) is 3. The fourth-order valence-electron chi connectivity index (χ4n) is 2.20. The van der Waals surface area contributed by atoms with Crippen molar-refractivity contribution >= 4 is 34.9 Å². The van der Waals surface area contributed by atoms with Crippen LogP contribution in [0.2, 0.25) is 10.2 Å². The molecule has 0 bridgehead atoms. The predicted octanol–water partition coefficient (Wildman–Crippen LogP) is 3.69. The number of halogens is 2. The molecule has 2 rings (SSSR count). The molecule has 0 unspecified atom stereocenters. The Balaban J connectivity index is 2.03. The van der Waals surface area contributed by atoms with Gasteiger partial charge in [-0.25, -0.2) is 9.97 Å². The molecule has 1 heterocycles. The smallest absolute Gasteiger partial charge is 0.228 e. The maximum atomic E-state index is 12.1. The number of anilines is 1. The molecule has 0 atom stereocenters. The predicted molar refractivity (Wildman–Crippen MR) is 71.9 cm³/mol. The summed E-state index contributed by atoms with van der Waals surface area (Å²) in [5.41, 5.74) is 0. The molecule has 1 aliphatic rings. The number of rotatable bonds is 2. The minimum absolute atomic E-state index is 0.0198. The summed E-state index contributed by atoms with van der Waals surface area (Å²) in [4.78, 5) is 19.8. The van der Waals surface area contributed by atoms with Gasteiger partial charge in [0.15, 0.2) is 11.0 Å². The molecule has 0 radical (unpaired) electrons. The van der Waals surface area contributed by atoms with Crippen molar-refractivity contribution in [1.82, 2.24) is 9.97 Å². The van der Waals surface area contributed by atoms with E-state index < -0.39 is 0 Å². The highest BCUT2D eigenvalue weighted by molar-refractivity contribution is 6.42. The number of amides is 1. The van der Waals surface area contributed by atoms with Gasteiger partial charge in [0.25, 0.3) is 0 Å². The molecule has 1 saturated carbocycles. The highest BCUT2D eigenvalue weighted by Gasteiger charge is 2.21. The lowest BCUT2D eigenvalue weighted by Gasteiger charge is -2.14. The quantitative estimate of drug-likeness (QED) is 0.667. The van der Waals surface area contributed by atoms with Crippen LogP contribution < -0.4 is 5.32 Å². The molecule has 1 aromatic rings. The second-order valence-electron chi connectivity index (χ2n) is 4.50. The number of carbonyl (C=O) groups is 1. The van der Waals surface area contributed by atoms with Crippen LogP contribution >= 0.6 is 23.2 Å². The van der Waals surface area contributed by atoms with E-state index in [0.29, 0.717) is 5.82 Å². The molecule has 18 heavy (non-hydrogen) atoms. The van der Waals surface area contributed by atoms with Gasteiger partial charge in [-0.05, 0) is 12.8 Å². The average Bonchev–Trinajstić information content (AvgIpc) is 2.63. The summed E-state index contributed by atoms with van der Waals surface area (Å²) in [5.74, 6) is 0.330. The highest BCUT2D eigenvalue weighted by Crippen LogP contribution is 2.28. The third-order valence-corrected chi connectivity index (χ3v) is 3.96. The van der Waals surface area contributed by atoms with Crippen molar-refractivity contribution < 1.29 is 4.79 Å². The van der Waals surface area contributed by atoms with E-state index in [0.717, 1.165) is 25.7 Å². The number of nitrogens with zero attached hydrogens (tertiary/aromatic N) is 2. The van der Waals surface area contributed by atoms with Crippen molar-refractivity contribution in [2.75, 3.05) is 5.32 Å². The van der Waals surface area contributed by atoms with Gasteiger partial charge in [-0.1, -0.05) is 48.9 Å². The van der Waals surface area contributed by atoms with E-state index >= 15 is 0 Å². The molecule has 98 valence electrons. The minimum Gasteiger partial charge on any atom is -0.309 e. The first-order valence-electron chi connectivity index (χ1n) is 6.15. The first-order chi connectivity index (χ1) is 8.68. The van der Waals surface area contributed by atoms with Gasteiger partial charge in [0.05, 0.1) is 0 Å². The lowest BCUT2D eigenvalue weighted by Crippen LogP contribution is -2.23. The van der Waals surface area contributed by atoms with Crippen molar-refractivity contribution in [2.45, 2.75) is 38.5 Å². The van der Waals surface area contributed by atoms with Crippen LogP contribution in [0.3, 0.4) is 0 Å². The van der Waals surface area contributed by atoms with Crippen LogP contribution in [0, 0.1) is 5.92 Å². The standard InChI is InChI=1S/C12H15Cl2N3O/c13-9-10(14)15-7-16-11(9)17-12(18)8-5-3-1-2-4-6-8/h7-8H,1-6H2,(H,15,16,17,18). The fourth-order valence-corrected chi connectivity index (χ4v) is 2.47. The fraction of sp³-hybridized carbons (Fsp3) is 0.583. The second kappa shape index (κ2) is 6.34. The molecule has 0 aromatic carbocycles. The SMILES string of the molecule is O=C(Nc1ncnc(Cl)c1Cl)C1CCCCCC1. The average molecular weight is 288 g/mol. The number of aromatic nitrogens is 2. The molecule has 0 aliphatic heterocycles. The van der Waals surface area contributed by atoms with Crippen LogP contribution in [0.1, 0.15) is 38.5 Å². The van der Waals surface area contributed by atoms with Crippen LogP contribution in [-0.2, 0) is 4.79 Å². The molecule has 0 saturated heterocycles. The molecular formula is C12H15Cl2N3O. The zero-order chi connectivity index (χ0) is 13.0. The lowest BCUT2D eigenvalue weighted by atomic mass is 9.99. The molecule has 6 heteroatoms. The van der Waals surface area contributed by atoms with Crippen LogP contribution in [0.15, 0.2) is 6.33 Å². The lowest BCUT2D eigenvalue weighted by molar-refractivity contribution is -0.120. The van der Waals surface area contributed by atoms with Crippen molar-refractivity contribution in [3.05, 3.63) is 16.5 Å². The van der Waals surface area contributed by atoms with E-state index in [4.69, 9.17) is 23.2 Å². The van der Waals surface area contributed by atoms with Crippen molar-refractivity contribution in [3.8, 4) is 0 Å². The Morgan fingerprint density at radius 3 is 2.50 bits per heavy atom. The molecular weight excluding hydrogens is 273 g/mol. The molecule has 0 spiro atoms. The second-order valence-corrected chi connectivity index (χ2v) is 5.24. The molecule has 1 N–H and O–H groups in total. The molecule has 1 amide bonds. The van der Waals surface area contributed by atoms with Gasteiger partial charge < -0.3 is 5.32 Å². The minimum atomic E-state index is -0.0198. The summed E-state index contributed by atoms with van der Waals surface area (Å²) >= 11 is 11.7. The molecule has 4 nitrogen and oxygen atoms in total. The topological polar surface area (TPSA) is 54.9 Å². The number of nitrogens with one attached hydrogen (secondary N) is 1. The summed E-state index contributed by atoms with van der Waals surface area (Å²) in [6.07, 6.45) is 7.79. The maximum absolute atomic E-state index is 12.1. The van der Waals surface area contributed by atoms with E-state index in [1.807, 2.05) is 0 Å². The van der Waals surface area contributed by atoms with Crippen molar-refractivity contribution in [2.24, 2.45) is 5.92 Å². The van der Waals surface area contributed by atoms with Crippen LogP contribution in [0.4, 0.5) is 5.82 Å². The van der Waals surface area contributed by atoms with Gasteiger partial charge >= 0.3 is 0 Å². The van der Waals surface area contributed by atoms with E-state index in [1.54, 1.807) is 0 Å². The van der Waals surface area contributed by atoms with Gasteiger partial charge in [0.2, 0.25) is 5.91 Å². The molecule has 1 aliphatic carbocycles. The van der Waals surface area contributed by atoms with E-state index in [-0.39, 0.29) is 22.0 Å². The maximum Gasteiger partial charge on any atom is 0.228 e. The summed E-state index contributed by atoms with van der Waals surface area (Å²) < 4.78 is 0. The third-order valence-electron chi connectivity index (χ3n) is 3.21. The zero-order valence-corrected chi connectivity index (χ0v) is 11.5. The third kappa shape index (κ3) is 3.33. The Hall–Kier alpha value is -0.870. The molecule has 1 fully saturated rings. The first-order valence-corrected chi connectivity index (χ1v) is 6.91. The summed E-state index contributed by atoms with van der Waals surface area (Å²) in [5, 5.41) is 3.09. The van der Waals surface area contributed by atoms with E-state index in [2.05, 4.69) is 15.3 Å². The Morgan fingerprint density at radius 1 is 1.17 bits per heavy atom. The number of hydrogen-bond donors (Lipinski definition) is 1. The van der Waals surface area contributed by atoms with Crippen molar-refractivity contribution in [3.63, 3.8) is 0 Å². The van der Waals surface area contributed by atoms with E-state index in [9.17, 15) is 4.79 Å². The first kappa shape index (κ1) is 13.6. The van der Waals surface area contributed by atoms with Gasteiger partial charge in [-0.3, -0.25) is 4.79 Å². The van der Waals surface area contributed by atoms with Crippen LogP contribution in [0.5, 0.6) is 0 Å². The summed E-state index contributed by atoms with van der Waals surface area (Å²) in [6.45, 7) is 0. The van der Waals surface area contributed by atoms with Crippen LogP contribution in [-0.4, -0.2) is 15.9 Å². The molecule has 1 aromatic heterocycles. The summed E-state index contributed by atoms with van der Waals surface area (Å²) in [6, 6.07) is 0. The van der Waals surface area contributed by atoms with Gasteiger partial charge in [-0.15, -0.1) is 0 Å². The van der Waals surface area contributed by atoms with Crippen molar-refractivity contribution in [1.29, 1.82) is 0 Å². The monoisotopic (exact) mass is 287 g/mol.